The lowest BCUT2D eigenvalue weighted by Gasteiger charge is -1.98. The van der Waals surface area contributed by atoms with Crippen LogP contribution in [0.4, 0.5) is 5.69 Å². The lowest BCUT2D eigenvalue weighted by atomic mass is 10.1. The molecule has 2 N–H and O–H groups in total. The van der Waals surface area contributed by atoms with Crippen LogP contribution in [0.2, 0.25) is 0 Å². The fourth-order valence-corrected chi connectivity index (χ4v) is 1.26. The molecule has 1 aromatic rings. The molecule has 1 atom stereocenters. The van der Waals surface area contributed by atoms with E-state index in [1.165, 1.54) is 18.4 Å². The van der Waals surface area contributed by atoms with Crippen LogP contribution >= 0.6 is 0 Å². The van der Waals surface area contributed by atoms with Gasteiger partial charge >= 0.3 is 0 Å². The number of benzene rings is 1. The molecule has 0 aromatic heterocycles. The maximum Gasteiger partial charge on any atom is 0.0346 e. The molecule has 96 valence electrons. The van der Waals surface area contributed by atoms with Crippen molar-refractivity contribution in [3.05, 3.63) is 41.5 Å². The average Bonchev–Trinajstić information content (AvgIpc) is 2.32. The predicted molar refractivity (Wildman–Crippen MR) is 79.2 cm³/mol. The molecule has 0 saturated heterocycles. The highest BCUT2D eigenvalue weighted by Crippen LogP contribution is 2.10. The monoisotopic (exact) mass is 233 g/mol. The highest BCUT2D eigenvalue weighted by atomic mass is 14.5. The van der Waals surface area contributed by atoms with E-state index < -0.39 is 0 Å². The third-order valence-electron chi connectivity index (χ3n) is 2.78. The SMILES string of the molecule is CCC=CC(C)CC.Cc1ccc(C)c(N)c1. The van der Waals surface area contributed by atoms with Crippen LogP contribution in [0.3, 0.4) is 0 Å². The first-order valence-corrected chi connectivity index (χ1v) is 6.50. The van der Waals surface area contributed by atoms with Crippen LogP contribution in [0.1, 0.15) is 44.7 Å². The van der Waals surface area contributed by atoms with Gasteiger partial charge in [-0.25, -0.2) is 0 Å². The Morgan fingerprint density at radius 1 is 1.24 bits per heavy atom. The Kier molecular flexibility index (Phi) is 8.21. The van der Waals surface area contributed by atoms with E-state index in [2.05, 4.69) is 39.0 Å². The average molecular weight is 233 g/mol. The number of hydrogen-bond acceptors (Lipinski definition) is 1. The van der Waals surface area contributed by atoms with Gasteiger partial charge in [0.05, 0.1) is 0 Å². The number of nitrogens with two attached hydrogens (primary N) is 1. The van der Waals surface area contributed by atoms with Crippen molar-refractivity contribution in [1.82, 2.24) is 0 Å². The third kappa shape index (κ3) is 7.62. The number of nitrogen functional groups attached to an aromatic ring is 1. The van der Waals surface area contributed by atoms with E-state index in [9.17, 15) is 0 Å². The van der Waals surface area contributed by atoms with Crippen LogP contribution < -0.4 is 5.73 Å². The molecule has 1 aromatic carbocycles. The van der Waals surface area contributed by atoms with Gasteiger partial charge in [0, 0.05) is 5.69 Å². The minimum absolute atomic E-state index is 0.773. The zero-order chi connectivity index (χ0) is 13.3. The standard InChI is InChI=1S/C8H11N.C8H16/c1-6-3-4-7(2)8(9)5-6;1-4-6-7-8(3)5-2/h3-5H,9H2,1-2H3;6-8H,4-5H2,1-3H3. The second kappa shape index (κ2) is 8.86. The van der Waals surface area contributed by atoms with Gasteiger partial charge < -0.3 is 5.73 Å². The van der Waals surface area contributed by atoms with E-state index in [1.54, 1.807) is 0 Å². The topological polar surface area (TPSA) is 26.0 Å². The Labute approximate surface area is 107 Å². The molecule has 1 rings (SSSR count). The summed E-state index contributed by atoms with van der Waals surface area (Å²) in [7, 11) is 0. The summed E-state index contributed by atoms with van der Waals surface area (Å²) in [6.07, 6.45) is 6.94. The molecule has 1 heteroatoms. The molecule has 0 aliphatic rings. The van der Waals surface area contributed by atoms with E-state index in [0.29, 0.717) is 0 Å². The summed E-state index contributed by atoms with van der Waals surface area (Å²) in [6, 6.07) is 6.08. The number of rotatable bonds is 3. The summed E-state index contributed by atoms with van der Waals surface area (Å²) >= 11 is 0. The molecule has 1 unspecified atom stereocenters. The number of allylic oxidation sites excluding steroid dienone is 2. The molecule has 0 aliphatic carbocycles. The van der Waals surface area contributed by atoms with E-state index in [4.69, 9.17) is 5.73 Å². The molecule has 0 heterocycles. The molecule has 0 fully saturated rings. The van der Waals surface area contributed by atoms with Crippen molar-refractivity contribution in [2.45, 2.75) is 47.5 Å². The van der Waals surface area contributed by atoms with Gasteiger partial charge in [-0.2, -0.15) is 0 Å². The van der Waals surface area contributed by atoms with Crippen molar-refractivity contribution in [3.63, 3.8) is 0 Å². The minimum Gasteiger partial charge on any atom is -0.399 e. The van der Waals surface area contributed by atoms with Gasteiger partial charge in [0.1, 0.15) is 0 Å². The van der Waals surface area contributed by atoms with Crippen LogP contribution in [0, 0.1) is 19.8 Å². The molecule has 17 heavy (non-hydrogen) atoms. The van der Waals surface area contributed by atoms with Crippen molar-refractivity contribution in [3.8, 4) is 0 Å². The Hall–Kier alpha value is -1.24. The summed E-state index contributed by atoms with van der Waals surface area (Å²) < 4.78 is 0. The highest BCUT2D eigenvalue weighted by Gasteiger charge is 1.89. The van der Waals surface area contributed by atoms with E-state index in [-0.39, 0.29) is 0 Å². The van der Waals surface area contributed by atoms with E-state index in [0.717, 1.165) is 17.2 Å². The summed E-state index contributed by atoms with van der Waals surface area (Å²) in [5.41, 5.74) is 8.88. The maximum absolute atomic E-state index is 5.62. The Morgan fingerprint density at radius 3 is 2.29 bits per heavy atom. The zero-order valence-electron chi connectivity index (χ0n) is 12.0. The zero-order valence-corrected chi connectivity index (χ0v) is 12.0. The van der Waals surface area contributed by atoms with Crippen molar-refractivity contribution < 1.29 is 0 Å². The number of anilines is 1. The van der Waals surface area contributed by atoms with E-state index >= 15 is 0 Å². The highest BCUT2D eigenvalue weighted by molar-refractivity contribution is 5.47. The molecule has 0 saturated carbocycles. The van der Waals surface area contributed by atoms with Crippen LogP contribution in [-0.2, 0) is 0 Å². The van der Waals surface area contributed by atoms with Crippen LogP contribution in [0.5, 0.6) is 0 Å². The first-order chi connectivity index (χ1) is 8.01. The Balaban J connectivity index is 0.000000304. The first-order valence-electron chi connectivity index (χ1n) is 6.50. The first kappa shape index (κ1) is 15.8. The van der Waals surface area contributed by atoms with Gasteiger partial charge in [-0.3, -0.25) is 0 Å². The largest absolute Gasteiger partial charge is 0.399 e. The molecule has 0 amide bonds. The predicted octanol–water partition coefficient (Wildman–Crippen LogP) is 4.88. The molecule has 0 bridgehead atoms. The lowest BCUT2D eigenvalue weighted by Crippen LogP contribution is -1.88. The Morgan fingerprint density at radius 2 is 1.88 bits per heavy atom. The van der Waals surface area contributed by atoms with Crippen LogP contribution in [-0.4, -0.2) is 0 Å². The fourth-order valence-electron chi connectivity index (χ4n) is 1.26. The minimum atomic E-state index is 0.773. The van der Waals surface area contributed by atoms with Crippen LogP contribution in [0.15, 0.2) is 30.4 Å². The Bertz CT molecular complexity index is 339. The number of aryl methyl sites for hydroxylation is 2. The summed E-state index contributed by atoms with van der Waals surface area (Å²) in [5.74, 6) is 0.773. The summed E-state index contributed by atoms with van der Waals surface area (Å²) in [4.78, 5) is 0. The third-order valence-corrected chi connectivity index (χ3v) is 2.78. The molecular formula is C16H27N. The molecule has 0 aliphatic heterocycles. The second-order valence-electron chi connectivity index (χ2n) is 4.58. The normalized spacial score (nSPS) is 12.1. The summed E-state index contributed by atoms with van der Waals surface area (Å²) in [5, 5.41) is 0. The lowest BCUT2D eigenvalue weighted by molar-refractivity contribution is 0.695. The van der Waals surface area contributed by atoms with Gasteiger partial charge in [0.25, 0.3) is 0 Å². The molecule has 0 spiro atoms. The van der Waals surface area contributed by atoms with Gasteiger partial charge in [-0.05, 0) is 43.4 Å². The molecular weight excluding hydrogens is 206 g/mol. The van der Waals surface area contributed by atoms with E-state index in [1.807, 2.05) is 26.0 Å². The molecule has 1 nitrogen and oxygen atoms in total. The fraction of sp³-hybridized carbons (Fsp3) is 0.500. The van der Waals surface area contributed by atoms with Gasteiger partial charge in [-0.1, -0.05) is 51.5 Å². The van der Waals surface area contributed by atoms with Crippen molar-refractivity contribution >= 4 is 5.69 Å². The quantitative estimate of drug-likeness (QED) is 0.584. The summed E-state index contributed by atoms with van der Waals surface area (Å²) in [6.45, 7) is 10.7. The van der Waals surface area contributed by atoms with Gasteiger partial charge in [-0.15, -0.1) is 0 Å². The number of hydrogen-bond donors (Lipinski definition) is 1. The van der Waals surface area contributed by atoms with Crippen molar-refractivity contribution in [2.24, 2.45) is 5.92 Å². The van der Waals surface area contributed by atoms with Crippen molar-refractivity contribution in [1.29, 1.82) is 0 Å². The van der Waals surface area contributed by atoms with Gasteiger partial charge in [0.15, 0.2) is 0 Å². The smallest absolute Gasteiger partial charge is 0.0346 e. The van der Waals surface area contributed by atoms with Crippen molar-refractivity contribution in [2.75, 3.05) is 5.73 Å². The maximum atomic E-state index is 5.62. The van der Waals surface area contributed by atoms with Gasteiger partial charge in [0.2, 0.25) is 0 Å². The molecule has 0 radical (unpaired) electrons. The second-order valence-corrected chi connectivity index (χ2v) is 4.58. The van der Waals surface area contributed by atoms with Crippen LogP contribution in [0.25, 0.3) is 0 Å².